The van der Waals surface area contributed by atoms with Gasteiger partial charge in [-0.05, 0) is 6.92 Å². The highest BCUT2D eigenvalue weighted by atomic mass is 32.2. The first kappa shape index (κ1) is 15.7. The van der Waals surface area contributed by atoms with Crippen molar-refractivity contribution in [1.29, 1.82) is 5.26 Å². The number of thioether (sulfide) groups is 1. The molecule has 0 amide bonds. The van der Waals surface area contributed by atoms with Gasteiger partial charge < -0.3 is 11.6 Å². The summed E-state index contributed by atoms with van der Waals surface area (Å²) >= 11 is 1.17. The molecule has 1 aromatic carbocycles. The number of nitrogens with zero attached hydrogens (tertiary/aromatic N) is 3. The van der Waals surface area contributed by atoms with Crippen LogP contribution in [0.25, 0.3) is 11.3 Å². The molecule has 22 heavy (non-hydrogen) atoms. The molecule has 112 valence electrons. The van der Waals surface area contributed by atoms with Crippen LogP contribution < -0.4 is 11.6 Å². The highest BCUT2D eigenvalue weighted by molar-refractivity contribution is 7.99. The highest BCUT2D eigenvalue weighted by Crippen LogP contribution is 2.23. The van der Waals surface area contributed by atoms with E-state index in [-0.39, 0.29) is 22.8 Å². The minimum atomic E-state index is -0.336. The van der Waals surface area contributed by atoms with Crippen molar-refractivity contribution in [2.24, 2.45) is 5.73 Å². The minimum Gasteiger partial charge on any atom is -0.401 e. The van der Waals surface area contributed by atoms with Crippen LogP contribution in [0.4, 0.5) is 0 Å². The minimum absolute atomic E-state index is 0.0223. The Morgan fingerprint density at radius 1 is 1.41 bits per heavy atom. The maximum atomic E-state index is 11.9. The smallest absolute Gasteiger partial charge is 0.187 e. The molecule has 0 aliphatic heterocycles. The Morgan fingerprint density at radius 3 is 2.68 bits per heavy atom. The lowest BCUT2D eigenvalue weighted by atomic mass is 10.2. The number of nitrogen functional groups attached to an aromatic ring is 1. The van der Waals surface area contributed by atoms with Crippen LogP contribution in [-0.4, -0.2) is 21.2 Å². The Hall–Kier alpha value is -2.72. The van der Waals surface area contributed by atoms with E-state index in [9.17, 15) is 4.79 Å². The van der Waals surface area contributed by atoms with Gasteiger partial charge in [-0.25, -0.2) is 9.66 Å². The van der Waals surface area contributed by atoms with Gasteiger partial charge in [0.05, 0.1) is 17.6 Å². The second kappa shape index (κ2) is 6.83. The number of hydrogen-bond donors (Lipinski definition) is 2. The summed E-state index contributed by atoms with van der Waals surface area (Å²) in [4.78, 5) is 16.3. The standard InChI is InChI=1S/C15H15N5OS/c1-10(17)12(7-16)14(21)9-22-15-19-13(8-20(15)18)11-5-3-2-4-6-11/h2-6,8H,9,17-18H2,1H3/b12-10+. The summed E-state index contributed by atoms with van der Waals surface area (Å²) in [6.45, 7) is 1.53. The van der Waals surface area contributed by atoms with Gasteiger partial charge in [-0.3, -0.25) is 4.79 Å². The number of nitrogens with two attached hydrogens (primary N) is 2. The maximum Gasteiger partial charge on any atom is 0.187 e. The molecule has 0 unspecified atom stereocenters. The zero-order chi connectivity index (χ0) is 16.1. The fourth-order valence-electron chi connectivity index (χ4n) is 1.80. The first-order chi connectivity index (χ1) is 10.5. The van der Waals surface area contributed by atoms with E-state index in [0.717, 1.165) is 11.3 Å². The average molecular weight is 313 g/mol. The zero-order valence-electron chi connectivity index (χ0n) is 12.0. The molecular formula is C15H15N5OS. The van der Waals surface area contributed by atoms with Crippen LogP contribution in [0, 0.1) is 11.3 Å². The first-order valence-corrected chi connectivity index (χ1v) is 7.43. The van der Waals surface area contributed by atoms with Crippen LogP contribution in [0.3, 0.4) is 0 Å². The van der Waals surface area contributed by atoms with Crippen molar-refractivity contribution >= 4 is 17.5 Å². The molecule has 0 radical (unpaired) electrons. The number of nitriles is 1. The van der Waals surface area contributed by atoms with E-state index in [1.54, 1.807) is 6.20 Å². The lowest BCUT2D eigenvalue weighted by Gasteiger charge is -2.01. The van der Waals surface area contributed by atoms with Crippen molar-refractivity contribution in [1.82, 2.24) is 9.66 Å². The molecule has 0 saturated carbocycles. The van der Waals surface area contributed by atoms with Crippen molar-refractivity contribution in [3.05, 3.63) is 47.8 Å². The van der Waals surface area contributed by atoms with Crippen LogP contribution >= 0.6 is 11.8 Å². The van der Waals surface area contributed by atoms with Gasteiger partial charge in [-0.15, -0.1) is 0 Å². The third-order valence-electron chi connectivity index (χ3n) is 2.89. The normalized spacial score (nSPS) is 11.6. The van der Waals surface area contributed by atoms with E-state index >= 15 is 0 Å². The fraction of sp³-hybridized carbons (Fsp3) is 0.133. The van der Waals surface area contributed by atoms with E-state index in [2.05, 4.69) is 4.98 Å². The number of carbonyl (C=O) groups is 1. The molecule has 4 N–H and O–H groups in total. The van der Waals surface area contributed by atoms with Crippen LogP contribution in [0.1, 0.15) is 6.92 Å². The van der Waals surface area contributed by atoms with E-state index in [0.29, 0.717) is 5.16 Å². The number of ketones is 1. The lowest BCUT2D eigenvalue weighted by Crippen LogP contribution is -2.12. The van der Waals surface area contributed by atoms with Crippen molar-refractivity contribution in [2.75, 3.05) is 11.6 Å². The number of allylic oxidation sites excluding steroid dienone is 2. The monoisotopic (exact) mass is 313 g/mol. The first-order valence-electron chi connectivity index (χ1n) is 6.45. The number of carbonyl (C=O) groups excluding carboxylic acids is 1. The summed E-state index contributed by atoms with van der Waals surface area (Å²) in [6.07, 6.45) is 1.69. The van der Waals surface area contributed by atoms with Crippen LogP contribution in [0.5, 0.6) is 0 Å². The quantitative estimate of drug-likeness (QED) is 0.376. The maximum absolute atomic E-state index is 11.9. The van der Waals surface area contributed by atoms with Gasteiger partial charge in [-0.1, -0.05) is 42.1 Å². The topological polar surface area (TPSA) is 111 Å². The summed E-state index contributed by atoms with van der Waals surface area (Å²) in [6, 6.07) is 11.4. The summed E-state index contributed by atoms with van der Waals surface area (Å²) < 4.78 is 1.37. The zero-order valence-corrected chi connectivity index (χ0v) is 12.8. The molecule has 0 saturated heterocycles. The van der Waals surface area contributed by atoms with Crippen molar-refractivity contribution in [2.45, 2.75) is 12.1 Å². The average Bonchev–Trinajstić information content (AvgIpc) is 2.87. The molecule has 0 fully saturated rings. The van der Waals surface area contributed by atoms with Crippen LogP contribution in [0.2, 0.25) is 0 Å². The Bertz CT molecular complexity index is 754. The Morgan fingerprint density at radius 2 is 2.09 bits per heavy atom. The number of aromatic nitrogens is 2. The van der Waals surface area contributed by atoms with Gasteiger partial charge in [0, 0.05) is 11.3 Å². The van der Waals surface area contributed by atoms with Gasteiger partial charge in [0.25, 0.3) is 0 Å². The molecule has 2 aromatic rings. The number of rotatable bonds is 5. The van der Waals surface area contributed by atoms with Crippen molar-refractivity contribution < 1.29 is 4.79 Å². The fourth-order valence-corrected chi connectivity index (χ4v) is 2.57. The van der Waals surface area contributed by atoms with E-state index in [1.807, 2.05) is 36.4 Å². The largest absolute Gasteiger partial charge is 0.401 e. The molecule has 0 spiro atoms. The van der Waals surface area contributed by atoms with Crippen LogP contribution in [-0.2, 0) is 4.79 Å². The molecule has 1 aromatic heterocycles. The third-order valence-corrected chi connectivity index (χ3v) is 3.85. The summed E-state index contributed by atoms with van der Waals surface area (Å²) in [5, 5.41) is 9.41. The second-order valence-corrected chi connectivity index (χ2v) is 5.51. The van der Waals surface area contributed by atoms with Gasteiger partial charge in [0.2, 0.25) is 0 Å². The summed E-state index contributed by atoms with van der Waals surface area (Å²) in [5.41, 5.74) is 7.37. The predicted octanol–water partition coefficient (Wildman–Crippen LogP) is 1.68. The Balaban J connectivity index is 2.12. The summed E-state index contributed by atoms with van der Waals surface area (Å²) in [7, 11) is 0. The highest BCUT2D eigenvalue weighted by Gasteiger charge is 2.15. The molecule has 6 nitrogen and oxygen atoms in total. The van der Waals surface area contributed by atoms with E-state index in [1.165, 1.54) is 23.4 Å². The lowest BCUT2D eigenvalue weighted by molar-refractivity contribution is -0.112. The molecule has 2 rings (SSSR count). The Kier molecular flexibility index (Phi) is 4.86. The molecule has 0 aliphatic rings. The second-order valence-electron chi connectivity index (χ2n) is 4.56. The number of imidazole rings is 1. The number of benzene rings is 1. The van der Waals surface area contributed by atoms with Crippen molar-refractivity contribution in [3.8, 4) is 17.3 Å². The van der Waals surface area contributed by atoms with Gasteiger partial charge in [0.15, 0.2) is 10.9 Å². The Labute approximate surface area is 132 Å². The van der Waals surface area contributed by atoms with E-state index < -0.39 is 0 Å². The molecule has 0 aliphatic carbocycles. The molecule has 1 heterocycles. The number of hydrogen-bond acceptors (Lipinski definition) is 6. The van der Waals surface area contributed by atoms with Crippen molar-refractivity contribution in [3.63, 3.8) is 0 Å². The van der Waals surface area contributed by atoms with Gasteiger partial charge >= 0.3 is 0 Å². The van der Waals surface area contributed by atoms with Crippen LogP contribution in [0.15, 0.2) is 53.0 Å². The third kappa shape index (κ3) is 3.48. The SMILES string of the molecule is C/C(N)=C(/C#N)C(=O)CSc1nc(-c2ccccc2)cn1N. The molecule has 0 bridgehead atoms. The molecular weight excluding hydrogens is 298 g/mol. The summed E-state index contributed by atoms with van der Waals surface area (Å²) in [5.74, 6) is 5.57. The molecule has 0 atom stereocenters. The number of Topliss-reactive ketones (excluding diaryl/α,β-unsaturated/α-hetero) is 1. The van der Waals surface area contributed by atoms with Gasteiger partial charge in [0.1, 0.15) is 11.6 Å². The van der Waals surface area contributed by atoms with E-state index in [4.69, 9.17) is 16.8 Å². The van der Waals surface area contributed by atoms with Gasteiger partial charge in [-0.2, -0.15) is 5.26 Å². The predicted molar refractivity (Wildman–Crippen MR) is 86.0 cm³/mol. The molecule has 7 heteroatoms.